The molecule has 7 nitrogen and oxygen atoms in total. The molecule has 2 rings (SSSR count). The number of methoxy groups -OCH3 is 1. The Kier molecular flexibility index (Phi) is 6.74. The minimum absolute atomic E-state index is 0.131. The van der Waals surface area contributed by atoms with Crippen LogP contribution in [0.4, 0.5) is 13.2 Å². The fourth-order valence-corrected chi connectivity index (χ4v) is 3.54. The van der Waals surface area contributed by atoms with Crippen LogP contribution in [-0.2, 0) is 23.9 Å². The number of alkyl halides is 3. The highest BCUT2D eigenvalue weighted by molar-refractivity contribution is 6.10. The normalized spacial score (nSPS) is 25.4. The molecule has 0 radical (unpaired) electrons. The molecule has 2 aliphatic heterocycles. The lowest BCUT2D eigenvalue weighted by Crippen LogP contribution is -2.66. The van der Waals surface area contributed by atoms with E-state index in [0.717, 1.165) is 18.4 Å². The number of ether oxygens (including phenoxy) is 2. The van der Waals surface area contributed by atoms with Crippen molar-refractivity contribution in [1.29, 1.82) is 0 Å². The number of carbonyl (C=O) groups is 3. The van der Waals surface area contributed by atoms with Gasteiger partial charge in [0.15, 0.2) is 0 Å². The van der Waals surface area contributed by atoms with Gasteiger partial charge in [-0.05, 0) is 26.2 Å². The number of hydrogen-bond donors (Lipinski definition) is 1. The van der Waals surface area contributed by atoms with Gasteiger partial charge in [0.1, 0.15) is 5.57 Å². The van der Waals surface area contributed by atoms with E-state index in [2.05, 4.69) is 4.74 Å². The number of nitrogens with one attached hydrogen (secondary N) is 1. The number of nitrogens with zero attached hydrogens (tertiary/aromatic N) is 1. The van der Waals surface area contributed by atoms with Crippen LogP contribution in [-0.4, -0.2) is 60.8 Å². The average Bonchev–Trinajstić information content (AvgIpc) is 3.21. The average molecular weight is 406 g/mol. The number of allylic oxidation sites excluding steroid dienone is 1. The van der Waals surface area contributed by atoms with E-state index in [1.54, 1.807) is 6.92 Å². The van der Waals surface area contributed by atoms with Gasteiger partial charge in [0.25, 0.3) is 5.91 Å². The van der Waals surface area contributed by atoms with Gasteiger partial charge in [-0.2, -0.15) is 13.2 Å². The van der Waals surface area contributed by atoms with Crippen LogP contribution in [0.3, 0.4) is 0 Å². The summed E-state index contributed by atoms with van der Waals surface area (Å²) in [5, 5.41) is 1.81. The van der Waals surface area contributed by atoms with Gasteiger partial charge in [-0.1, -0.05) is 13.3 Å². The number of halogens is 3. The lowest BCUT2D eigenvalue weighted by molar-refractivity contribution is -0.196. The topological polar surface area (TPSA) is 84.9 Å². The lowest BCUT2D eigenvalue weighted by atomic mass is 9.89. The molecular weight excluding hydrogens is 381 g/mol. The minimum Gasteiger partial charge on any atom is -0.466 e. The van der Waals surface area contributed by atoms with Crippen LogP contribution in [0.25, 0.3) is 0 Å². The molecule has 0 spiro atoms. The molecule has 1 fully saturated rings. The predicted molar refractivity (Wildman–Crippen MR) is 91.9 cm³/mol. The third-order valence-corrected chi connectivity index (χ3v) is 5.02. The highest BCUT2D eigenvalue weighted by atomic mass is 19.4. The number of carbonyl (C=O) groups excluding carboxylic acids is 3. The molecule has 0 unspecified atom stereocenters. The van der Waals surface area contributed by atoms with Crippen molar-refractivity contribution >= 4 is 17.8 Å². The van der Waals surface area contributed by atoms with Gasteiger partial charge in [0.2, 0.25) is 11.4 Å². The monoisotopic (exact) mass is 406 g/mol. The molecule has 0 bridgehead atoms. The third kappa shape index (κ3) is 3.87. The van der Waals surface area contributed by atoms with E-state index in [9.17, 15) is 27.6 Å². The maximum Gasteiger partial charge on any atom is 0.425 e. The van der Waals surface area contributed by atoms with E-state index in [4.69, 9.17) is 4.74 Å². The molecule has 0 aliphatic carbocycles. The minimum atomic E-state index is -5.23. The maximum atomic E-state index is 14.2. The van der Waals surface area contributed by atoms with E-state index >= 15 is 0 Å². The Labute approximate surface area is 161 Å². The Bertz CT molecular complexity index is 671. The second-order valence-corrected chi connectivity index (χ2v) is 6.90. The van der Waals surface area contributed by atoms with Gasteiger partial charge in [0.05, 0.1) is 19.8 Å². The first-order valence-electron chi connectivity index (χ1n) is 9.21. The number of unbranched alkanes of at least 4 members (excludes halogenated alkanes) is 1. The second-order valence-electron chi connectivity index (χ2n) is 6.90. The van der Waals surface area contributed by atoms with Crippen molar-refractivity contribution in [3.05, 3.63) is 11.3 Å². The van der Waals surface area contributed by atoms with Crippen molar-refractivity contribution in [3.8, 4) is 0 Å². The van der Waals surface area contributed by atoms with Crippen LogP contribution in [0.15, 0.2) is 11.3 Å². The molecule has 10 heteroatoms. The zero-order valence-electron chi connectivity index (χ0n) is 16.1. The van der Waals surface area contributed by atoms with Crippen molar-refractivity contribution in [3.63, 3.8) is 0 Å². The van der Waals surface area contributed by atoms with Crippen molar-refractivity contribution in [2.24, 2.45) is 0 Å². The molecule has 28 heavy (non-hydrogen) atoms. The van der Waals surface area contributed by atoms with E-state index in [0.29, 0.717) is 25.9 Å². The SMILES string of the molecule is CCCCC(=O)N[C@]1(C(F)(F)F)C(=O)N(C[C@H]2CCCO2)C(C)=C1C(=O)OC. The van der Waals surface area contributed by atoms with Gasteiger partial charge in [-0.25, -0.2) is 4.79 Å². The predicted octanol–water partition coefficient (Wildman–Crippen LogP) is 2.06. The summed E-state index contributed by atoms with van der Waals surface area (Å²) in [5.41, 5.74) is -4.57. The summed E-state index contributed by atoms with van der Waals surface area (Å²) in [6, 6.07) is 0. The van der Waals surface area contributed by atoms with Crippen molar-refractivity contribution < 1.29 is 37.0 Å². The first-order chi connectivity index (χ1) is 13.1. The molecule has 2 heterocycles. The second kappa shape index (κ2) is 8.50. The van der Waals surface area contributed by atoms with Crippen LogP contribution in [0.5, 0.6) is 0 Å². The van der Waals surface area contributed by atoms with Crippen molar-refractivity contribution in [2.45, 2.75) is 63.8 Å². The van der Waals surface area contributed by atoms with Crippen molar-refractivity contribution in [2.75, 3.05) is 20.3 Å². The third-order valence-electron chi connectivity index (χ3n) is 5.02. The lowest BCUT2D eigenvalue weighted by Gasteiger charge is -2.33. The van der Waals surface area contributed by atoms with Gasteiger partial charge in [-0.15, -0.1) is 0 Å². The van der Waals surface area contributed by atoms with Gasteiger partial charge in [0, 0.05) is 18.7 Å². The van der Waals surface area contributed by atoms with Crippen LogP contribution in [0.2, 0.25) is 0 Å². The molecule has 1 N–H and O–H groups in total. The number of rotatable bonds is 7. The first-order valence-corrected chi connectivity index (χ1v) is 9.21. The Morgan fingerprint density at radius 2 is 2.07 bits per heavy atom. The zero-order valence-corrected chi connectivity index (χ0v) is 16.1. The van der Waals surface area contributed by atoms with E-state index < -0.39 is 41.2 Å². The highest BCUT2D eigenvalue weighted by Gasteiger charge is 2.70. The van der Waals surface area contributed by atoms with Crippen LogP contribution in [0.1, 0.15) is 46.0 Å². The number of amides is 2. The Hall–Kier alpha value is -2.10. The molecule has 0 aromatic rings. The number of esters is 1. The standard InChI is InChI=1S/C18H25F3N2O5/c1-4-5-8-13(24)22-17(18(19,20)21)14(15(25)27-3)11(2)23(16(17)26)10-12-7-6-9-28-12/h12H,4-10H2,1-3H3,(H,22,24)/t12-,17+/m1/s1. The molecular formula is C18H25F3N2O5. The maximum absolute atomic E-state index is 14.2. The summed E-state index contributed by atoms with van der Waals surface area (Å²) in [5.74, 6) is -3.69. The largest absolute Gasteiger partial charge is 0.466 e. The molecule has 2 aliphatic rings. The van der Waals surface area contributed by atoms with Gasteiger partial charge >= 0.3 is 12.1 Å². The smallest absolute Gasteiger partial charge is 0.425 e. The quantitative estimate of drug-likeness (QED) is 0.655. The van der Waals surface area contributed by atoms with E-state index in [-0.39, 0.29) is 18.7 Å². The fraction of sp³-hybridized carbons (Fsp3) is 0.722. The molecule has 1 saturated heterocycles. The fourth-order valence-electron chi connectivity index (χ4n) is 3.54. The summed E-state index contributed by atoms with van der Waals surface area (Å²) in [6.07, 6.45) is -3.60. The Balaban J connectivity index is 2.51. The van der Waals surface area contributed by atoms with Gasteiger partial charge in [-0.3, -0.25) is 9.59 Å². The van der Waals surface area contributed by atoms with E-state index in [1.165, 1.54) is 6.92 Å². The van der Waals surface area contributed by atoms with Crippen LogP contribution < -0.4 is 5.32 Å². The summed E-state index contributed by atoms with van der Waals surface area (Å²) in [7, 11) is 0.926. The summed E-state index contributed by atoms with van der Waals surface area (Å²) >= 11 is 0. The number of hydrogen-bond acceptors (Lipinski definition) is 5. The molecule has 0 aromatic heterocycles. The molecule has 0 saturated carbocycles. The first kappa shape index (κ1) is 22.2. The molecule has 2 amide bonds. The van der Waals surface area contributed by atoms with Crippen LogP contribution in [0, 0.1) is 0 Å². The van der Waals surface area contributed by atoms with Crippen molar-refractivity contribution in [1.82, 2.24) is 10.2 Å². The zero-order chi connectivity index (χ0) is 21.1. The summed E-state index contributed by atoms with van der Waals surface area (Å²) in [4.78, 5) is 38.3. The highest BCUT2D eigenvalue weighted by Crippen LogP contribution is 2.45. The van der Waals surface area contributed by atoms with E-state index in [1.807, 2.05) is 5.32 Å². The summed E-state index contributed by atoms with van der Waals surface area (Å²) in [6.45, 7) is 3.34. The molecule has 0 aromatic carbocycles. The molecule has 2 atom stereocenters. The Morgan fingerprint density at radius 1 is 1.39 bits per heavy atom. The summed E-state index contributed by atoms with van der Waals surface area (Å²) < 4.78 is 52.6. The van der Waals surface area contributed by atoms with Gasteiger partial charge < -0.3 is 19.7 Å². The van der Waals surface area contributed by atoms with Crippen LogP contribution >= 0.6 is 0 Å². The molecule has 158 valence electrons. The Morgan fingerprint density at radius 3 is 2.57 bits per heavy atom.